The van der Waals surface area contributed by atoms with Crippen molar-refractivity contribution < 1.29 is 9.53 Å². The molecule has 2 heterocycles. The third kappa shape index (κ3) is 5.89. The maximum Gasteiger partial charge on any atom is 0.244 e. The minimum Gasteiger partial charge on any atom is -0.373 e. The van der Waals surface area contributed by atoms with Gasteiger partial charge in [-0.2, -0.15) is 5.10 Å². The molecule has 1 aromatic rings. The van der Waals surface area contributed by atoms with Crippen molar-refractivity contribution in [2.45, 2.75) is 78.7 Å². The van der Waals surface area contributed by atoms with E-state index >= 15 is 0 Å². The number of carbonyl (C=O) groups excluding carboxylic acids is 1. The van der Waals surface area contributed by atoms with Crippen molar-refractivity contribution in [3.8, 4) is 0 Å². The molecule has 1 amide bonds. The Hall–Kier alpha value is -2.21. The SMILES string of the molecule is C=C/C(C)=C/C[C@@H]1O[C@H](C)[C@H](NC(=O)/C=C/C(C)n2nc(C)nc2C)C[C@@H]1C. The van der Waals surface area contributed by atoms with Gasteiger partial charge in [0.1, 0.15) is 11.6 Å². The summed E-state index contributed by atoms with van der Waals surface area (Å²) in [5.41, 5.74) is 1.16. The lowest BCUT2D eigenvalue weighted by atomic mass is 9.88. The number of carbonyl (C=O) groups is 1. The highest BCUT2D eigenvalue weighted by atomic mass is 16.5. The van der Waals surface area contributed by atoms with E-state index in [1.165, 1.54) is 0 Å². The van der Waals surface area contributed by atoms with Gasteiger partial charge in [-0.1, -0.05) is 37.3 Å². The van der Waals surface area contributed by atoms with Gasteiger partial charge in [0, 0.05) is 6.08 Å². The van der Waals surface area contributed by atoms with E-state index in [1.54, 1.807) is 6.08 Å². The van der Waals surface area contributed by atoms with Crippen LogP contribution in [0.5, 0.6) is 0 Å². The van der Waals surface area contributed by atoms with Crippen LogP contribution in [0.25, 0.3) is 0 Å². The number of rotatable bonds is 7. The second-order valence-electron chi connectivity index (χ2n) is 7.85. The third-order valence-electron chi connectivity index (χ3n) is 5.36. The second kappa shape index (κ2) is 9.82. The number of allylic oxidation sites excluding steroid dienone is 3. The van der Waals surface area contributed by atoms with E-state index in [0.29, 0.717) is 5.92 Å². The maximum atomic E-state index is 12.4. The molecule has 0 saturated carbocycles. The molecule has 1 N–H and O–H groups in total. The van der Waals surface area contributed by atoms with Crippen LogP contribution in [0, 0.1) is 19.8 Å². The molecule has 154 valence electrons. The molecule has 1 aromatic heterocycles. The van der Waals surface area contributed by atoms with Crippen LogP contribution in [-0.4, -0.2) is 38.9 Å². The first-order valence-electron chi connectivity index (χ1n) is 10.0. The van der Waals surface area contributed by atoms with Crippen LogP contribution in [-0.2, 0) is 9.53 Å². The summed E-state index contributed by atoms with van der Waals surface area (Å²) in [4.78, 5) is 16.7. The zero-order chi connectivity index (χ0) is 20.8. The number of hydrogen-bond acceptors (Lipinski definition) is 4. The fourth-order valence-electron chi connectivity index (χ4n) is 3.56. The summed E-state index contributed by atoms with van der Waals surface area (Å²) in [7, 11) is 0. The third-order valence-corrected chi connectivity index (χ3v) is 5.36. The highest BCUT2D eigenvalue weighted by Crippen LogP contribution is 2.28. The molecule has 6 nitrogen and oxygen atoms in total. The molecule has 1 saturated heterocycles. The van der Waals surface area contributed by atoms with Gasteiger partial charge in [-0.25, -0.2) is 9.67 Å². The number of nitrogens with zero attached hydrogens (tertiary/aromatic N) is 3. The normalized spacial score (nSPS) is 27.0. The fourth-order valence-corrected chi connectivity index (χ4v) is 3.56. The Balaban J connectivity index is 1.90. The zero-order valence-corrected chi connectivity index (χ0v) is 18.0. The summed E-state index contributed by atoms with van der Waals surface area (Å²) >= 11 is 0. The maximum absolute atomic E-state index is 12.4. The Labute approximate surface area is 168 Å². The number of ether oxygens (including phenoxy) is 1. The van der Waals surface area contributed by atoms with Crippen molar-refractivity contribution in [1.82, 2.24) is 20.1 Å². The molecule has 1 aliphatic heterocycles. The van der Waals surface area contributed by atoms with Crippen molar-refractivity contribution in [1.29, 1.82) is 0 Å². The highest BCUT2D eigenvalue weighted by molar-refractivity contribution is 5.87. The van der Waals surface area contributed by atoms with Gasteiger partial charge in [0.05, 0.1) is 24.3 Å². The van der Waals surface area contributed by atoms with Crippen molar-refractivity contribution in [2.24, 2.45) is 5.92 Å². The number of amides is 1. The van der Waals surface area contributed by atoms with E-state index in [2.05, 4.69) is 35.0 Å². The Morgan fingerprint density at radius 3 is 2.75 bits per heavy atom. The number of nitrogens with one attached hydrogen (secondary N) is 1. The molecule has 28 heavy (non-hydrogen) atoms. The summed E-state index contributed by atoms with van der Waals surface area (Å²) in [5.74, 6) is 1.84. The molecule has 0 spiro atoms. The van der Waals surface area contributed by atoms with Crippen LogP contribution < -0.4 is 5.32 Å². The summed E-state index contributed by atoms with van der Waals surface area (Å²) in [5, 5.41) is 7.46. The van der Waals surface area contributed by atoms with Crippen molar-refractivity contribution >= 4 is 5.91 Å². The molecule has 5 atom stereocenters. The first kappa shape index (κ1) is 22.1. The topological polar surface area (TPSA) is 69.0 Å². The standard InChI is InChI=1S/C22H34N4O2/c1-8-14(2)9-11-21-15(3)13-20(17(5)28-21)24-22(27)12-10-16(4)26-19(7)23-18(6)25-26/h8-10,12,15-17,20-21H,1,11,13H2,2-7H3,(H,24,27)/b12-10+,14-9+/t15-,16?,17+,20+,21-/m0/s1. The van der Waals surface area contributed by atoms with Gasteiger partial charge in [0.15, 0.2) is 0 Å². The highest BCUT2D eigenvalue weighted by Gasteiger charge is 2.33. The van der Waals surface area contributed by atoms with Gasteiger partial charge in [-0.15, -0.1) is 0 Å². The van der Waals surface area contributed by atoms with Crippen molar-refractivity contribution in [3.05, 3.63) is 48.1 Å². The summed E-state index contributed by atoms with van der Waals surface area (Å²) in [6.45, 7) is 15.8. The molecular formula is C22H34N4O2. The average Bonchev–Trinajstić information content (AvgIpc) is 2.99. The fraction of sp³-hybridized carbons (Fsp3) is 0.591. The van der Waals surface area contributed by atoms with Crippen LogP contribution >= 0.6 is 0 Å². The zero-order valence-electron chi connectivity index (χ0n) is 18.0. The van der Waals surface area contributed by atoms with E-state index in [9.17, 15) is 4.79 Å². The second-order valence-corrected chi connectivity index (χ2v) is 7.85. The van der Waals surface area contributed by atoms with Crippen LogP contribution in [0.4, 0.5) is 0 Å². The Morgan fingerprint density at radius 1 is 1.43 bits per heavy atom. The van der Waals surface area contributed by atoms with Gasteiger partial charge in [-0.3, -0.25) is 4.79 Å². The largest absolute Gasteiger partial charge is 0.373 e. The smallest absolute Gasteiger partial charge is 0.244 e. The number of aryl methyl sites for hydroxylation is 2. The minimum atomic E-state index is -0.102. The minimum absolute atomic E-state index is 0.0125. The van der Waals surface area contributed by atoms with Crippen LogP contribution in [0.1, 0.15) is 58.2 Å². The number of aromatic nitrogens is 3. The van der Waals surface area contributed by atoms with Crippen molar-refractivity contribution in [2.75, 3.05) is 0 Å². The van der Waals surface area contributed by atoms with E-state index in [4.69, 9.17) is 4.74 Å². The molecule has 1 fully saturated rings. The molecule has 0 aliphatic carbocycles. The molecule has 0 aromatic carbocycles. The first-order chi connectivity index (χ1) is 13.2. The van der Waals surface area contributed by atoms with Gasteiger partial charge < -0.3 is 10.1 Å². The van der Waals surface area contributed by atoms with Crippen LogP contribution in [0.2, 0.25) is 0 Å². The first-order valence-corrected chi connectivity index (χ1v) is 10.0. The van der Waals surface area contributed by atoms with Crippen LogP contribution in [0.3, 0.4) is 0 Å². The predicted molar refractivity (Wildman–Crippen MR) is 112 cm³/mol. The molecule has 0 radical (unpaired) electrons. The summed E-state index contributed by atoms with van der Waals surface area (Å²) in [6.07, 6.45) is 9.38. The van der Waals surface area contributed by atoms with E-state index in [1.807, 2.05) is 51.5 Å². The summed E-state index contributed by atoms with van der Waals surface area (Å²) < 4.78 is 8.00. The lowest BCUT2D eigenvalue weighted by Crippen LogP contribution is -2.50. The molecule has 1 aliphatic rings. The Morgan fingerprint density at radius 2 is 2.14 bits per heavy atom. The van der Waals surface area contributed by atoms with Gasteiger partial charge in [0.25, 0.3) is 0 Å². The lowest BCUT2D eigenvalue weighted by Gasteiger charge is -2.39. The quantitative estimate of drug-likeness (QED) is 0.571. The molecule has 1 unspecified atom stereocenters. The summed E-state index contributed by atoms with van der Waals surface area (Å²) in [6, 6.07) is -0.0197. The monoisotopic (exact) mass is 386 g/mol. The molecule has 6 heteroatoms. The van der Waals surface area contributed by atoms with Crippen LogP contribution in [0.15, 0.2) is 36.5 Å². The van der Waals surface area contributed by atoms with E-state index < -0.39 is 0 Å². The molecule has 0 bridgehead atoms. The Bertz CT molecular complexity index is 750. The van der Waals surface area contributed by atoms with E-state index in [-0.39, 0.29) is 30.2 Å². The van der Waals surface area contributed by atoms with Gasteiger partial charge in [-0.05, 0) is 53.4 Å². The predicted octanol–water partition coefficient (Wildman–Crippen LogP) is 3.83. The average molecular weight is 387 g/mol. The van der Waals surface area contributed by atoms with Crippen molar-refractivity contribution in [3.63, 3.8) is 0 Å². The van der Waals surface area contributed by atoms with E-state index in [0.717, 1.165) is 30.1 Å². The molecular weight excluding hydrogens is 352 g/mol. The molecule has 2 rings (SSSR count). The van der Waals surface area contributed by atoms with Gasteiger partial charge in [0.2, 0.25) is 5.91 Å². The van der Waals surface area contributed by atoms with Gasteiger partial charge >= 0.3 is 0 Å². The number of hydrogen-bond donors (Lipinski definition) is 1. The Kier molecular flexibility index (Phi) is 7.75. The lowest BCUT2D eigenvalue weighted by molar-refractivity contribution is -0.123.